The summed E-state index contributed by atoms with van der Waals surface area (Å²) in [4.78, 5) is 54.3. The van der Waals surface area contributed by atoms with Crippen LogP contribution in [0.2, 0.25) is 5.02 Å². The molecule has 4 rings (SSSR count). The van der Waals surface area contributed by atoms with Gasteiger partial charge in [-0.2, -0.15) is 5.01 Å². The lowest BCUT2D eigenvalue weighted by Gasteiger charge is -2.36. The second kappa shape index (κ2) is 9.48. The second-order valence-electron chi connectivity index (χ2n) is 8.90. The van der Waals surface area contributed by atoms with E-state index in [9.17, 15) is 19.2 Å². The number of hydrazine groups is 1. The Morgan fingerprint density at radius 1 is 1.00 bits per heavy atom. The number of hydrogen-bond donors (Lipinski definition) is 0. The predicted octanol–water partition coefficient (Wildman–Crippen LogP) is 4.78. The molecule has 2 fully saturated rings. The number of nitrogens with zero attached hydrogens (tertiary/aromatic N) is 2. The van der Waals surface area contributed by atoms with Crippen LogP contribution in [-0.4, -0.2) is 39.6 Å². The van der Waals surface area contributed by atoms with E-state index in [1.807, 2.05) is 0 Å². The highest BCUT2D eigenvalue weighted by Crippen LogP contribution is 2.42. The van der Waals surface area contributed by atoms with Gasteiger partial charge in [-0.3, -0.25) is 19.2 Å². The Labute approximate surface area is 198 Å². The highest BCUT2D eigenvalue weighted by molar-refractivity contribution is 6.34. The number of imide groups is 1. The summed E-state index contributed by atoms with van der Waals surface area (Å²) in [7, 11) is 0. The minimum atomic E-state index is -1.03. The van der Waals surface area contributed by atoms with Gasteiger partial charge in [-0.15, -0.1) is 0 Å². The van der Waals surface area contributed by atoms with Crippen molar-refractivity contribution >= 4 is 35.1 Å². The van der Waals surface area contributed by atoms with Gasteiger partial charge in [-0.25, -0.2) is 5.01 Å². The number of Topliss-reactive ketones (excluding diaryl/α,β-unsaturated/α-hetero) is 1. The fourth-order valence-electron chi connectivity index (χ4n) is 4.98. The zero-order chi connectivity index (χ0) is 23.7. The van der Waals surface area contributed by atoms with Crippen molar-refractivity contribution in [1.29, 1.82) is 0 Å². The van der Waals surface area contributed by atoms with Crippen molar-refractivity contribution in [3.63, 3.8) is 0 Å². The number of halogens is 1. The van der Waals surface area contributed by atoms with Crippen LogP contribution in [0.1, 0.15) is 60.2 Å². The van der Waals surface area contributed by atoms with Crippen LogP contribution in [0.3, 0.4) is 0 Å². The number of carbonyl (C=O) groups is 4. The van der Waals surface area contributed by atoms with Crippen molar-refractivity contribution in [3.8, 4) is 0 Å². The zero-order valence-corrected chi connectivity index (χ0v) is 19.5. The molecule has 4 atom stereocenters. The monoisotopic (exact) mass is 466 g/mol. The highest BCUT2D eigenvalue weighted by Gasteiger charge is 2.54. The maximum Gasteiger partial charge on any atom is 0.275 e. The minimum Gasteiger partial charge on any atom is -0.292 e. The van der Waals surface area contributed by atoms with Gasteiger partial charge >= 0.3 is 0 Å². The molecule has 3 amide bonds. The van der Waals surface area contributed by atoms with E-state index in [1.165, 1.54) is 6.07 Å². The van der Waals surface area contributed by atoms with Gasteiger partial charge in [-0.1, -0.05) is 67.9 Å². The molecule has 0 N–H and O–H groups in total. The van der Waals surface area contributed by atoms with Gasteiger partial charge in [0.1, 0.15) is 6.04 Å². The Bertz CT molecular complexity index is 1090. The van der Waals surface area contributed by atoms with Crippen molar-refractivity contribution < 1.29 is 19.2 Å². The molecule has 2 aliphatic rings. The smallest absolute Gasteiger partial charge is 0.275 e. The number of amides is 3. The number of fused-ring (bicyclic) bond motifs is 1. The van der Waals surface area contributed by atoms with E-state index in [0.717, 1.165) is 16.4 Å². The summed E-state index contributed by atoms with van der Waals surface area (Å²) in [6, 6.07) is 14.0. The Balaban J connectivity index is 1.80. The average Bonchev–Trinajstić information content (AvgIpc) is 3.06. The van der Waals surface area contributed by atoms with E-state index in [2.05, 4.69) is 6.92 Å². The summed E-state index contributed by atoms with van der Waals surface area (Å²) >= 11 is 6.31. The van der Waals surface area contributed by atoms with Crippen molar-refractivity contribution in [3.05, 3.63) is 70.7 Å². The molecule has 0 bridgehead atoms. The van der Waals surface area contributed by atoms with Crippen LogP contribution in [0.15, 0.2) is 54.6 Å². The number of ketones is 1. The lowest BCUT2D eigenvalue weighted by molar-refractivity contribution is -0.156. The largest absolute Gasteiger partial charge is 0.292 e. The SMILES string of the molecule is CC[C@H](C(=O)c1ccccc1)N(C(=O)c1ccccc1Cl)N1C(=O)[C@H]2C[C@@H](C)CC[C@H]2C1=O. The Morgan fingerprint density at radius 2 is 1.64 bits per heavy atom. The molecule has 0 unspecified atom stereocenters. The third-order valence-corrected chi connectivity index (χ3v) is 7.06. The summed E-state index contributed by atoms with van der Waals surface area (Å²) in [5, 5.41) is 2.22. The van der Waals surface area contributed by atoms with Crippen LogP contribution in [0.25, 0.3) is 0 Å². The molecule has 1 saturated carbocycles. The van der Waals surface area contributed by atoms with Gasteiger partial charge < -0.3 is 0 Å². The van der Waals surface area contributed by atoms with Gasteiger partial charge in [0.15, 0.2) is 5.78 Å². The lowest BCUT2D eigenvalue weighted by Crippen LogP contribution is -2.57. The quantitative estimate of drug-likeness (QED) is 0.453. The third kappa shape index (κ3) is 4.20. The summed E-state index contributed by atoms with van der Waals surface area (Å²) in [6.45, 7) is 3.83. The average molecular weight is 467 g/mol. The zero-order valence-electron chi connectivity index (χ0n) is 18.7. The Morgan fingerprint density at radius 3 is 2.30 bits per heavy atom. The van der Waals surface area contributed by atoms with Gasteiger partial charge in [0.25, 0.3) is 17.7 Å². The molecule has 33 heavy (non-hydrogen) atoms. The molecule has 1 heterocycles. The van der Waals surface area contributed by atoms with Crippen molar-refractivity contribution in [2.75, 3.05) is 0 Å². The first-order chi connectivity index (χ1) is 15.8. The highest BCUT2D eigenvalue weighted by atomic mass is 35.5. The van der Waals surface area contributed by atoms with E-state index in [1.54, 1.807) is 55.5 Å². The Kier molecular flexibility index (Phi) is 6.66. The van der Waals surface area contributed by atoms with E-state index in [4.69, 9.17) is 11.6 Å². The molecule has 1 aliphatic heterocycles. The van der Waals surface area contributed by atoms with Crippen molar-refractivity contribution in [2.45, 2.75) is 45.6 Å². The predicted molar refractivity (Wildman–Crippen MR) is 124 cm³/mol. The van der Waals surface area contributed by atoms with E-state index < -0.39 is 35.6 Å². The maximum atomic E-state index is 13.8. The molecule has 0 radical (unpaired) electrons. The van der Waals surface area contributed by atoms with Crippen LogP contribution >= 0.6 is 11.6 Å². The molecular weight excluding hydrogens is 440 g/mol. The number of hydrogen-bond acceptors (Lipinski definition) is 4. The lowest BCUT2D eigenvalue weighted by atomic mass is 9.76. The molecule has 0 spiro atoms. The molecule has 7 heteroatoms. The summed E-state index contributed by atoms with van der Waals surface area (Å²) in [5.74, 6) is -2.38. The topological polar surface area (TPSA) is 74.8 Å². The molecule has 1 saturated heterocycles. The molecule has 1 aliphatic carbocycles. The molecular formula is C26H27ClN2O4. The van der Waals surface area contributed by atoms with E-state index >= 15 is 0 Å². The van der Waals surface area contributed by atoms with Gasteiger partial charge in [0.2, 0.25) is 0 Å². The summed E-state index contributed by atoms with van der Waals surface area (Å²) in [6.07, 6.45) is 2.28. The minimum absolute atomic E-state index is 0.141. The normalized spacial score (nSPS) is 23.2. The fraction of sp³-hybridized carbons (Fsp3) is 0.385. The van der Waals surface area contributed by atoms with Gasteiger partial charge in [-0.05, 0) is 43.7 Å². The first-order valence-electron chi connectivity index (χ1n) is 11.4. The first kappa shape index (κ1) is 23.2. The standard InChI is InChI=1S/C26H27ClN2O4/c1-3-22(23(30)17-9-5-4-6-10-17)28(25(32)19-11-7-8-12-21(19)27)29-24(31)18-14-13-16(2)15-20(18)26(29)33/h4-12,16,18,20,22H,3,13-15H2,1-2H3/t16-,18+,20-,22+/m0/s1. The van der Waals surface area contributed by atoms with Crippen molar-refractivity contribution in [2.24, 2.45) is 17.8 Å². The van der Waals surface area contributed by atoms with Crippen LogP contribution in [0.5, 0.6) is 0 Å². The molecule has 172 valence electrons. The first-order valence-corrected chi connectivity index (χ1v) is 11.8. The summed E-state index contributed by atoms with van der Waals surface area (Å²) in [5.41, 5.74) is 0.550. The van der Waals surface area contributed by atoms with Gasteiger partial charge in [0, 0.05) is 5.56 Å². The number of carbonyl (C=O) groups excluding carboxylic acids is 4. The van der Waals surface area contributed by atoms with Crippen LogP contribution in [0, 0.1) is 17.8 Å². The third-order valence-electron chi connectivity index (χ3n) is 6.74. The van der Waals surface area contributed by atoms with Crippen LogP contribution in [0.4, 0.5) is 0 Å². The maximum absolute atomic E-state index is 13.8. The fourth-order valence-corrected chi connectivity index (χ4v) is 5.20. The number of benzene rings is 2. The molecule has 2 aromatic carbocycles. The van der Waals surface area contributed by atoms with E-state index in [0.29, 0.717) is 24.3 Å². The number of rotatable bonds is 6. The van der Waals surface area contributed by atoms with Crippen LogP contribution < -0.4 is 0 Å². The van der Waals surface area contributed by atoms with E-state index in [-0.39, 0.29) is 22.8 Å². The summed E-state index contributed by atoms with van der Waals surface area (Å²) < 4.78 is 0. The van der Waals surface area contributed by atoms with Crippen LogP contribution in [-0.2, 0) is 9.59 Å². The second-order valence-corrected chi connectivity index (χ2v) is 9.31. The Hall–Kier alpha value is -2.99. The molecule has 0 aromatic heterocycles. The molecule has 6 nitrogen and oxygen atoms in total. The van der Waals surface area contributed by atoms with Gasteiger partial charge in [0.05, 0.1) is 22.4 Å². The molecule has 2 aromatic rings. The van der Waals surface area contributed by atoms with Crippen molar-refractivity contribution in [1.82, 2.24) is 10.0 Å².